The molecule has 1 amide bonds. The van der Waals surface area contributed by atoms with Gasteiger partial charge in [-0.25, -0.2) is 4.79 Å². The molecule has 7 nitrogen and oxygen atoms in total. The molecule has 1 saturated heterocycles. The van der Waals surface area contributed by atoms with E-state index in [1.54, 1.807) is 22.9 Å². The minimum atomic E-state index is -0.239. The predicted octanol–water partition coefficient (Wildman–Crippen LogP) is 4.78. The second kappa shape index (κ2) is 9.17. The average molecular weight is 413 g/mol. The summed E-state index contributed by atoms with van der Waals surface area (Å²) < 4.78 is 16.4. The summed E-state index contributed by atoms with van der Waals surface area (Å²) in [7, 11) is 0. The largest absolute Gasteiger partial charge is 0.469 e. The van der Waals surface area contributed by atoms with Crippen LogP contribution >= 0.6 is 11.8 Å². The summed E-state index contributed by atoms with van der Waals surface area (Å²) >= 11 is 1.56. The van der Waals surface area contributed by atoms with Crippen LogP contribution < -0.4 is 0 Å². The van der Waals surface area contributed by atoms with Crippen molar-refractivity contribution in [1.29, 1.82) is 0 Å². The standard InChI is InChI=1S/C21H23N3O4S/c1-15-18(9-12-26-15)19-22-23-20(28-19)29-14-17-7-10-24(11-8-17)21(25)27-13-16-5-3-2-4-6-16/h2-6,9,12,17H,7-8,10-11,13-14H2,1H3. The van der Waals surface area contributed by atoms with Crippen LogP contribution in [0.5, 0.6) is 0 Å². The first-order valence-electron chi connectivity index (χ1n) is 9.65. The lowest BCUT2D eigenvalue weighted by Crippen LogP contribution is -2.39. The molecule has 0 N–H and O–H groups in total. The predicted molar refractivity (Wildman–Crippen MR) is 108 cm³/mol. The number of thioether (sulfide) groups is 1. The van der Waals surface area contributed by atoms with Gasteiger partial charge in [0.05, 0.1) is 11.8 Å². The van der Waals surface area contributed by atoms with Crippen LogP contribution in [0.3, 0.4) is 0 Å². The molecule has 2 aromatic heterocycles. The van der Waals surface area contributed by atoms with Crippen molar-refractivity contribution in [2.45, 2.75) is 31.6 Å². The first-order valence-corrected chi connectivity index (χ1v) is 10.6. The highest BCUT2D eigenvalue weighted by atomic mass is 32.2. The Morgan fingerprint density at radius 1 is 1.21 bits per heavy atom. The molecule has 4 rings (SSSR count). The molecule has 3 heterocycles. The van der Waals surface area contributed by atoms with Crippen LogP contribution in [0.15, 0.2) is 56.7 Å². The Morgan fingerprint density at radius 2 is 2.00 bits per heavy atom. The van der Waals surface area contributed by atoms with Crippen molar-refractivity contribution >= 4 is 17.9 Å². The van der Waals surface area contributed by atoms with E-state index in [4.69, 9.17) is 13.6 Å². The average Bonchev–Trinajstić information content (AvgIpc) is 3.40. The third-order valence-electron chi connectivity index (χ3n) is 5.02. The first kappa shape index (κ1) is 19.6. The quantitative estimate of drug-likeness (QED) is 0.538. The molecule has 1 aliphatic heterocycles. The molecule has 1 aliphatic rings. The second-order valence-electron chi connectivity index (χ2n) is 7.05. The van der Waals surface area contributed by atoms with E-state index >= 15 is 0 Å². The summed E-state index contributed by atoms with van der Waals surface area (Å²) in [5.74, 6) is 2.63. The summed E-state index contributed by atoms with van der Waals surface area (Å²) in [6, 6.07) is 11.6. The molecule has 0 bridgehead atoms. The van der Waals surface area contributed by atoms with E-state index in [2.05, 4.69) is 10.2 Å². The minimum absolute atomic E-state index is 0.239. The third-order valence-corrected chi connectivity index (χ3v) is 6.07. The van der Waals surface area contributed by atoms with Gasteiger partial charge >= 0.3 is 6.09 Å². The molecule has 29 heavy (non-hydrogen) atoms. The Balaban J connectivity index is 1.20. The fraction of sp³-hybridized carbons (Fsp3) is 0.381. The van der Waals surface area contributed by atoms with Crippen molar-refractivity contribution in [3.8, 4) is 11.5 Å². The summed E-state index contributed by atoms with van der Waals surface area (Å²) in [5.41, 5.74) is 1.82. The molecular weight excluding hydrogens is 390 g/mol. The molecule has 0 spiro atoms. The molecule has 3 aromatic rings. The number of benzene rings is 1. The normalized spacial score (nSPS) is 14.9. The molecule has 0 aliphatic carbocycles. The van der Waals surface area contributed by atoms with Gasteiger partial charge in [0.1, 0.15) is 12.4 Å². The Kier molecular flexibility index (Phi) is 6.19. The first-order chi connectivity index (χ1) is 14.2. The van der Waals surface area contributed by atoms with Gasteiger partial charge in [-0.15, -0.1) is 10.2 Å². The maximum atomic E-state index is 12.3. The van der Waals surface area contributed by atoms with Crippen molar-refractivity contribution in [1.82, 2.24) is 15.1 Å². The van der Waals surface area contributed by atoms with Gasteiger partial charge in [0.25, 0.3) is 11.1 Å². The van der Waals surface area contributed by atoms with Crippen LogP contribution in [0.2, 0.25) is 0 Å². The number of amides is 1. The molecule has 8 heteroatoms. The Bertz CT molecular complexity index is 932. The van der Waals surface area contributed by atoms with Crippen molar-refractivity contribution in [2.24, 2.45) is 5.92 Å². The van der Waals surface area contributed by atoms with E-state index in [1.807, 2.05) is 43.3 Å². The molecular formula is C21H23N3O4S. The smallest absolute Gasteiger partial charge is 0.410 e. The Labute approximate surface area is 173 Å². The summed E-state index contributed by atoms with van der Waals surface area (Å²) in [4.78, 5) is 14.0. The van der Waals surface area contributed by atoms with Gasteiger partial charge in [0, 0.05) is 18.8 Å². The number of ether oxygens (including phenoxy) is 1. The van der Waals surface area contributed by atoms with Gasteiger partial charge in [-0.2, -0.15) is 0 Å². The van der Waals surface area contributed by atoms with Crippen LogP contribution in [0, 0.1) is 12.8 Å². The van der Waals surface area contributed by atoms with Crippen LogP contribution in [0.1, 0.15) is 24.2 Å². The summed E-state index contributed by atoms with van der Waals surface area (Å²) in [6.45, 7) is 3.60. The summed E-state index contributed by atoms with van der Waals surface area (Å²) in [5, 5.41) is 8.77. The molecule has 1 fully saturated rings. The number of aryl methyl sites for hydroxylation is 1. The van der Waals surface area contributed by atoms with E-state index in [1.165, 1.54) is 0 Å². The number of carbonyl (C=O) groups is 1. The van der Waals surface area contributed by atoms with Crippen molar-refractivity contribution < 1.29 is 18.4 Å². The number of carbonyl (C=O) groups excluding carboxylic acids is 1. The van der Waals surface area contributed by atoms with Gasteiger partial charge in [-0.1, -0.05) is 42.1 Å². The van der Waals surface area contributed by atoms with Crippen molar-refractivity contribution in [3.05, 3.63) is 54.0 Å². The molecule has 0 atom stereocenters. The number of furan rings is 1. The molecule has 0 saturated carbocycles. The van der Waals surface area contributed by atoms with Crippen LogP contribution in [-0.2, 0) is 11.3 Å². The lowest BCUT2D eigenvalue weighted by molar-refractivity contribution is 0.0840. The number of nitrogens with zero attached hydrogens (tertiary/aromatic N) is 3. The van der Waals surface area contributed by atoms with Crippen LogP contribution in [-0.4, -0.2) is 40.0 Å². The minimum Gasteiger partial charge on any atom is -0.469 e. The fourth-order valence-electron chi connectivity index (χ4n) is 3.27. The zero-order chi connectivity index (χ0) is 20.1. The van der Waals surface area contributed by atoms with E-state index in [-0.39, 0.29) is 6.09 Å². The number of piperidine rings is 1. The molecule has 0 radical (unpaired) electrons. The highest BCUT2D eigenvalue weighted by Crippen LogP contribution is 2.29. The number of likely N-dealkylation sites (tertiary alicyclic amines) is 1. The van der Waals surface area contributed by atoms with E-state index in [9.17, 15) is 4.79 Å². The number of hydrogen-bond donors (Lipinski definition) is 0. The maximum Gasteiger partial charge on any atom is 0.410 e. The summed E-state index contributed by atoms with van der Waals surface area (Å²) in [6.07, 6.45) is 3.25. The molecule has 0 unspecified atom stereocenters. The zero-order valence-corrected chi connectivity index (χ0v) is 17.1. The van der Waals surface area contributed by atoms with Crippen LogP contribution in [0.4, 0.5) is 4.79 Å². The SMILES string of the molecule is Cc1occc1-c1nnc(SCC2CCN(C(=O)OCc3ccccc3)CC2)o1. The van der Waals surface area contributed by atoms with Gasteiger partial charge in [-0.05, 0) is 37.3 Å². The van der Waals surface area contributed by atoms with E-state index in [0.29, 0.717) is 36.7 Å². The number of hydrogen-bond acceptors (Lipinski definition) is 7. The van der Waals surface area contributed by atoms with Gasteiger partial charge in [-0.3, -0.25) is 0 Å². The molecule has 1 aromatic carbocycles. The maximum absolute atomic E-state index is 12.3. The van der Waals surface area contributed by atoms with Gasteiger partial charge in [0.15, 0.2) is 0 Å². The fourth-order valence-corrected chi connectivity index (χ4v) is 4.21. The second-order valence-corrected chi connectivity index (χ2v) is 8.02. The zero-order valence-electron chi connectivity index (χ0n) is 16.2. The lowest BCUT2D eigenvalue weighted by Gasteiger charge is -2.30. The van der Waals surface area contributed by atoms with Gasteiger partial charge < -0.3 is 18.5 Å². The Hall–Kier alpha value is -2.74. The third kappa shape index (κ3) is 5.00. The van der Waals surface area contributed by atoms with E-state index in [0.717, 1.165) is 35.5 Å². The van der Waals surface area contributed by atoms with Crippen LogP contribution in [0.25, 0.3) is 11.5 Å². The van der Waals surface area contributed by atoms with E-state index < -0.39 is 0 Å². The lowest BCUT2D eigenvalue weighted by atomic mass is 9.99. The van der Waals surface area contributed by atoms with Crippen molar-refractivity contribution in [3.63, 3.8) is 0 Å². The number of aromatic nitrogens is 2. The number of rotatable bonds is 6. The highest BCUT2D eigenvalue weighted by molar-refractivity contribution is 7.99. The Morgan fingerprint density at radius 3 is 2.72 bits per heavy atom. The topological polar surface area (TPSA) is 81.6 Å². The van der Waals surface area contributed by atoms with Gasteiger partial charge in [0.2, 0.25) is 0 Å². The monoisotopic (exact) mass is 413 g/mol. The van der Waals surface area contributed by atoms with Crippen molar-refractivity contribution in [2.75, 3.05) is 18.8 Å². The highest BCUT2D eigenvalue weighted by Gasteiger charge is 2.24. The molecule has 152 valence electrons.